The summed E-state index contributed by atoms with van der Waals surface area (Å²) in [5, 5.41) is 29.0. The fourth-order valence-electron chi connectivity index (χ4n) is 4.00. The van der Waals surface area contributed by atoms with Crippen LogP contribution in [-0.2, 0) is 11.3 Å². The SMILES string of the molecule is Cc1ncnn1-c1ccc(Nc2nc3n(n2)CC[C@H](O)C[C@@H]3c2ccc(F)cc2)cc1F.O=C(O)C(F)(F)F. The van der Waals surface area contributed by atoms with Gasteiger partial charge in [-0.1, -0.05) is 12.1 Å². The van der Waals surface area contributed by atoms with Crippen LogP contribution in [0.25, 0.3) is 5.69 Å². The number of aliphatic carboxylic acids is 1. The number of anilines is 2. The smallest absolute Gasteiger partial charge is 0.475 e. The standard InChI is InChI=1S/C22H21F2N7O.C2HF3O2/c1-13-25-12-26-31(13)20-7-6-16(10-19(20)24)27-22-28-21-18(14-2-4-15(23)5-3-14)11-17(32)8-9-30(21)29-22;3-2(4,5)1(6)7/h2-7,10,12,17-18,32H,8-9,11H2,1H3,(H,27,29);(H,6,7)/t17-,18+;/m0./s1. The van der Waals surface area contributed by atoms with Crippen LogP contribution in [0.15, 0.2) is 48.8 Å². The lowest BCUT2D eigenvalue weighted by Gasteiger charge is -2.16. The Hall–Kier alpha value is -4.40. The van der Waals surface area contributed by atoms with Crippen molar-refractivity contribution in [2.75, 3.05) is 5.32 Å². The highest BCUT2D eigenvalue weighted by Gasteiger charge is 2.38. The first-order valence-electron chi connectivity index (χ1n) is 11.5. The van der Waals surface area contributed by atoms with Crippen molar-refractivity contribution in [1.82, 2.24) is 29.5 Å². The van der Waals surface area contributed by atoms with Crippen LogP contribution >= 0.6 is 0 Å². The molecule has 0 amide bonds. The molecule has 2 atom stereocenters. The molecule has 0 aliphatic carbocycles. The lowest BCUT2D eigenvalue weighted by atomic mass is 9.92. The van der Waals surface area contributed by atoms with Crippen molar-refractivity contribution < 1.29 is 37.0 Å². The van der Waals surface area contributed by atoms with Gasteiger partial charge in [-0.3, -0.25) is 0 Å². The molecule has 206 valence electrons. The Morgan fingerprint density at radius 1 is 1.13 bits per heavy atom. The first kappa shape index (κ1) is 27.6. The fourth-order valence-corrected chi connectivity index (χ4v) is 4.00. The highest BCUT2D eigenvalue weighted by molar-refractivity contribution is 5.73. The molecule has 0 spiro atoms. The van der Waals surface area contributed by atoms with E-state index in [9.17, 15) is 27.1 Å². The predicted octanol–water partition coefficient (Wildman–Crippen LogP) is 4.11. The summed E-state index contributed by atoms with van der Waals surface area (Å²) in [6.45, 7) is 2.25. The molecule has 5 rings (SSSR count). The van der Waals surface area contributed by atoms with Gasteiger partial charge in [0, 0.05) is 18.2 Å². The Morgan fingerprint density at radius 3 is 2.41 bits per heavy atom. The highest BCUT2D eigenvalue weighted by Crippen LogP contribution is 2.33. The Kier molecular flexibility index (Phi) is 7.90. The van der Waals surface area contributed by atoms with Crippen molar-refractivity contribution >= 4 is 17.6 Å². The number of aliphatic hydroxyl groups excluding tert-OH is 1. The largest absolute Gasteiger partial charge is 0.490 e. The minimum Gasteiger partial charge on any atom is -0.475 e. The number of aryl methyl sites for hydroxylation is 2. The van der Waals surface area contributed by atoms with E-state index in [4.69, 9.17) is 9.90 Å². The third-order valence-corrected chi connectivity index (χ3v) is 5.86. The molecule has 0 saturated heterocycles. The number of halogens is 5. The van der Waals surface area contributed by atoms with Gasteiger partial charge >= 0.3 is 12.1 Å². The van der Waals surface area contributed by atoms with Gasteiger partial charge in [-0.2, -0.15) is 23.3 Å². The minimum absolute atomic E-state index is 0.231. The molecule has 0 fully saturated rings. The number of hydrogen-bond acceptors (Lipinski definition) is 7. The molecule has 39 heavy (non-hydrogen) atoms. The average molecular weight is 551 g/mol. The third-order valence-electron chi connectivity index (χ3n) is 5.86. The number of benzene rings is 2. The summed E-state index contributed by atoms with van der Waals surface area (Å²) >= 11 is 0. The number of carboxylic acids is 1. The van der Waals surface area contributed by atoms with Gasteiger partial charge in [0.15, 0.2) is 5.82 Å². The van der Waals surface area contributed by atoms with Crippen LogP contribution < -0.4 is 5.32 Å². The quantitative estimate of drug-likeness (QED) is 0.323. The number of carbonyl (C=O) groups is 1. The average Bonchev–Trinajstić information content (AvgIpc) is 3.43. The number of aliphatic hydroxyl groups is 1. The molecule has 10 nitrogen and oxygen atoms in total. The number of aromatic nitrogens is 6. The Labute approximate surface area is 217 Å². The van der Waals surface area contributed by atoms with Crippen molar-refractivity contribution in [1.29, 1.82) is 0 Å². The topological polar surface area (TPSA) is 131 Å². The van der Waals surface area contributed by atoms with E-state index in [0.29, 0.717) is 48.4 Å². The number of nitrogens with one attached hydrogen (secondary N) is 1. The van der Waals surface area contributed by atoms with Crippen molar-refractivity contribution in [3.63, 3.8) is 0 Å². The summed E-state index contributed by atoms with van der Waals surface area (Å²) in [4.78, 5) is 17.5. The second kappa shape index (κ2) is 11.1. The van der Waals surface area contributed by atoms with Gasteiger partial charge in [-0.25, -0.2) is 27.9 Å². The maximum absolute atomic E-state index is 14.7. The molecule has 0 saturated carbocycles. The summed E-state index contributed by atoms with van der Waals surface area (Å²) in [6.07, 6.45) is -3.22. The number of nitrogens with zero attached hydrogens (tertiary/aromatic N) is 6. The van der Waals surface area contributed by atoms with Crippen LogP contribution in [0, 0.1) is 18.6 Å². The molecule has 1 aliphatic rings. The number of fused-ring (bicyclic) bond motifs is 1. The van der Waals surface area contributed by atoms with E-state index in [-0.39, 0.29) is 11.7 Å². The van der Waals surface area contributed by atoms with Gasteiger partial charge in [-0.05, 0) is 55.7 Å². The fraction of sp³-hybridized carbons (Fsp3) is 0.292. The number of alkyl halides is 3. The Bertz CT molecular complexity index is 1450. The Balaban J connectivity index is 0.000000448. The van der Waals surface area contributed by atoms with Crippen LogP contribution in [-0.4, -0.2) is 58.0 Å². The zero-order valence-corrected chi connectivity index (χ0v) is 20.3. The van der Waals surface area contributed by atoms with Gasteiger partial charge in [0.25, 0.3) is 0 Å². The third kappa shape index (κ3) is 6.54. The normalized spacial score (nSPS) is 17.0. The predicted molar refractivity (Wildman–Crippen MR) is 127 cm³/mol. The number of rotatable bonds is 4. The van der Waals surface area contributed by atoms with Gasteiger partial charge in [-0.15, -0.1) is 5.10 Å². The molecule has 4 aromatic rings. The lowest BCUT2D eigenvalue weighted by molar-refractivity contribution is -0.192. The van der Waals surface area contributed by atoms with E-state index in [1.807, 2.05) is 0 Å². The number of carboxylic acid groups (broad SMARTS) is 1. The van der Waals surface area contributed by atoms with Crippen LogP contribution in [0.1, 0.15) is 36.0 Å². The van der Waals surface area contributed by atoms with E-state index in [1.54, 1.807) is 35.9 Å². The van der Waals surface area contributed by atoms with Crippen molar-refractivity contribution in [3.8, 4) is 5.69 Å². The molecule has 0 radical (unpaired) electrons. The molecule has 15 heteroatoms. The zero-order chi connectivity index (χ0) is 28.3. The molecule has 2 aromatic carbocycles. The van der Waals surface area contributed by atoms with Crippen LogP contribution in [0.4, 0.5) is 33.6 Å². The van der Waals surface area contributed by atoms with Gasteiger partial charge < -0.3 is 15.5 Å². The highest BCUT2D eigenvalue weighted by atomic mass is 19.4. The van der Waals surface area contributed by atoms with Gasteiger partial charge in [0.2, 0.25) is 5.95 Å². The summed E-state index contributed by atoms with van der Waals surface area (Å²) in [5.41, 5.74) is 1.64. The van der Waals surface area contributed by atoms with Gasteiger partial charge in [0.1, 0.15) is 29.5 Å². The summed E-state index contributed by atoms with van der Waals surface area (Å²) in [7, 11) is 0. The van der Waals surface area contributed by atoms with Crippen LogP contribution in [0.2, 0.25) is 0 Å². The lowest BCUT2D eigenvalue weighted by Crippen LogP contribution is -2.21. The Morgan fingerprint density at radius 2 is 1.82 bits per heavy atom. The monoisotopic (exact) mass is 551 g/mol. The molecule has 2 aromatic heterocycles. The maximum Gasteiger partial charge on any atom is 0.490 e. The molecule has 3 heterocycles. The van der Waals surface area contributed by atoms with Crippen molar-refractivity contribution in [2.24, 2.45) is 0 Å². The number of hydrogen-bond donors (Lipinski definition) is 3. The molecule has 0 bridgehead atoms. The van der Waals surface area contributed by atoms with Crippen molar-refractivity contribution in [3.05, 3.63) is 77.6 Å². The van der Waals surface area contributed by atoms with Crippen LogP contribution in [0.5, 0.6) is 0 Å². The second-order valence-corrected chi connectivity index (χ2v) is 8.61. The molecular formula is C24H22F5N7O3. The van der Waals surface area contributed by atoms with Crippen molar-refractivity contribution in [2.45, 2.75) is 44.5 Å². The van der Waals surface area contributed by atoms with E-state index < -0.39 is 24.1 Å². The summed E-state index contributed by atoms with van der Waals surface area (Å²) in [6, 6.07) is 10.9. The first-order valence-corrected chi connectivity index (χ1v) is 11.5. The first-order chi connectivity index (χ1) is 18.4. The van der Waals surface area contributed by atoms with E-state index in [2.05, 4.69) is 25.5 Å². The van der Waals surface area contributed by atoms with Gasteiger partial charge in [0.05, 0.1) is 6.10 Å². The maximum atomic E-state index is 14.7. The molecule has 0 unspecified atom stereocenters. The minimum atomic E-state index is -5.08. The van der Waals surface area contributed by atoms with E-state index in [1.165, 1.54) is 29.2 Å². The van der Waals surface area contributed by atoms with E-state index in [0.717, 1.165) is 5.56 Å². The van der Waals surface area contributed by atoms with E-state index >= 15 is 0 Å². The second-order valence-electron chi connectivity index (χ2n) is 8.61. The summed E-state index contributed by atoms with van der Waals surface area (Å²) < 4.78 is 63.0. The zero-order valence-electron chi connectivity index (χ0n) is 20.3. The molecular weight excluding hydrogens is 529 g/mol. The molecule has 3 N–H and O–H groups in total. The molecule has 1 aliphatic heterocycles. The van der Waals surface area contributed by atoms with Crippen LogP contribution in [0.3, 0.4) is 0 Å². The summed E-state index contributed by atoms with van der Waals surface area (Å²) in [5.74, 6) is -2.19.